The van der Waals surface area contributed by atoms with E-state index >= 15 is 0 Å². The molecule has 0 N–H and O–H groups in total. The lowest BCUT2D eigenvalue weighted by molar-refractivity contribution is 0.686. The van der Waals surface area contributed by atoms with Crippen LogP contribution in [0.15, 0.2) is 47.3 Å². The average molecular weight is 361 g/mol. The van der Waals surface area contributed by atoms with Gasteiger partial charge >= 0.3 is 0 Å². The smallest absolute Gasteiger partial charge is 0.273 e. The minimum atomic E-state index is -0.0703. The van der Waals surface area contributed by atoms with E-state index in [1.807, 2.05) is 37.3 Å². The molecule has 124 valence electrons. The van der Waals surface area contributed by atoms with Gasteiger partial charge in [0, 0.05) is 12.5 Å². The molecule has 0 fully saturated rings. The second kappa shape index (κ2) is 6.96. The Labute approximate surface area is 150 Å². The average Bonchev–Trinajstić information content (AvgIpc) is 2.59. The van der Waals surface area contributed by atoms with Gasteiger partial charge in [0.1, 0.15) is 5.69 Å². The Morgan fingerprint density at radius 3 is 2.38 bits per heavy atom. The number of fused-ring (bicyclic) bond motifs is 1. The second-order valence-corrected chi connectivity index (χ2v) is 6.49. The molecule has 2 aromatic carbocycles. The second-order valence-electron chi connectivity index (χ2n) is 5.67. The predicted octanol–water partition coefficient (Wildman–Crippen LogP) is 5.27. The van der Waals surface area contributed by atoms with Gasteiger partial charge in [0.05, 0.1) is 21.1 Å². The van der Waals surface area contributed by atoms with Crippen LogP contribution in [0.25, 0.3) is 11.0 Å². The number of halogens is 2. The highest BCUT2D eigenvalue weighted by Crippen LogP contribution is 2.29. The molecule has 0 saturated heterocycles. The lowest BCUT2D eigenvalue weighted by Crippen LogP contribution is -2.27. The van der Waals surface area contributed by atoms with Crippen molar-refractivity contribution in [1.82, 2.24) is 9.55 Å². The topological polar surface area (TPSA) is 34.9 Å². The van der Waals surface area contributed by atoms with Crippen molar-refractivity contribution in [3.63, 3.8) is 0 Å². The predicted molar refractivity (Wildman–Crippen MR) is 100 cm³/mol. The molecule has 0 amide bonds. The van der Waals surface area contributed by atoms with Gasteiger partial charge in [-0.15, -0.1) is 0 Å². The van der Waals surface area contributed by atoms with Gasteiger partial charge in [-0.3, -0.25) is 4.79 Å². The van der Waals surface area contributed by atoms with Crippen molar-refractivity contribution in [3.8, 4) is 0 Å². The van der Waals surface area contributed by atoms with E-state index in [2.05, 4.69) is 11.9 Å². The summed E-state index contributed by atoms with van der Waals surface area (Å²) in [5.74, 6) is -0.0460. The van der Waals surface area contributed by atoms with Gasteiger partial charge in [-0.1, -0.05) is 60.5 Å². The Kier molecular flexibility index (Phi) is 4.93. The molecule has 1 atom stereocenters. The lowest BCUT2D eigenvalue weighted by atomic mass is 9.93. The Bertz CT molecular complexity index is 935. The van der Waals surface area contributed by atoms with Gasteiger partial charge in [0.15, 0.2) is 0 Å². The highest BCUT2D eigenvalue weighted by Gasteiger charge is 2.20. The largest absolute Gasteiger partial charge is 0.305 e. The molecule has 0 aliphatic heterocycles. The summed E-state index contributed by atoms with van der Waals surface area (Å²) in [5.41, 5.74) is 2.97. The van der Waals surface area contributed by atoms with E-state index < -0.39 is 0 Å². The number of benzene rings is 2. The van der Waals surface area contributed by atoms with Crippen LogP contribution in [0.1, 0.15) is 37.4 Å². The fourth-order valence-electron chi connectivity index (χ4n) is 3.07. The third kappa shape index (κ3) is 2.94. The SMILES string of the molecule is CCC(c1ccccc1)c1nc2cc(Cl)c(Cl)cc2n(CC)c1=O. The van der Waals surface area contributed by atoms with Crippen molar-refractivity contribution in [1.29, 1.82) is 0 Å². The zero-order chi connectivity index (χ0) is 17.3. The number of hydrogen-bond donors (Lipinski definition) is 0. The first-order valence-corrected chi connectivity index (χ1v) is 8.76. The standard InChI is InChI=1S/C19H18Cl2N2O/c1-3-13(12-8-6-5-7-9-12)18-19(24)23(4-2)17-11-15(21)14(20)10-16(17)22-18/h5-11,13H,3-4H2,1-2H3. The van der Waals surface area contributed by atoms with Gasteiger partial charge in [0.2, 0.25) is 0 Å². The van der Waals surface area contributed by atoms with Crippen LogP contribution >= 0.6 is 23.2 Å². The molecule has 0 spiro atoms. The van der Waals surface area contributed by atoms with E-state index in [4.69, 9.17) is 23.2 Å². The third-order valence-corrected chi connectivity index (χ3v) is 4.99. The molecule has 0 radical (unpaired) electrons. The molecule has 1 aromatic heterocycles. The maximum atomic E-state index is 13.0. The quantitative estimate of drug-likeness (QED) is 0.635. The number of aromatic nitrogens is 2. The maximum absolute atomic E-state index is 13.0. The third-order valence-electron chi connectivity index (χ3n) is 4.27. The van der Waals surface area contributed by atoms with Crippen LogP contribution in [-0.4, -0.2) is 9.55 Å². The molecule has 3 rings (SSSR count). The molecule has 0 saturated carbocycles. The summed E-state index contributed by atoms with van der Waals surface area (Å²) < 4.78 is 1.71. The molecule has 0 aliphatic rings. The number of hydrogen-bond acceptors (Lipinski definition) is 2. The van der Waals surface area contributed by atoms with Gasteiger partial charge in [-0.2, -0.15) is 0 Å². The van der Waals surface area contributed by atoms with Gasteiger partial charge in [-0.05, 0) is 31.0 Å². The van der Waals surface area contributed by atoms with Crippen molar-refractivity contribution >= 4 is 34.2 Å². The van der Waals surface area contributed by atoms with E-state index in [0.717, 1.165) is 12.0 Å². The summed E-state index contributed by atoms with van der Waals surface area (Å²) in [4.78, 5) is 17.7. The van der Waals surface area contributed by atoms with Crippen LogP contribution < -0.4 is 5.56 Å². The molecule has 5 heteroatoms. The van der Waals surface area contributed by atoms with Crippen LogP contribution in [-0.2, 0) is 6.54 Å². The van der Waals surface area contributed by atoms with Crippen LogP contribution in [0.5, 0.6) is 0 Å². The van der Waals surface area contributed by atoms with Crippen molar-refractivity contribution in [3.05, 3.63) is 74.1 Å². The Morgan fingerprint density at radius 1 is 1.08 bits per heavy atom. The maximum Gasteiger partial charge on any atom is 0.273 e. The molecular formula is C19H18Cl2N2O. The lowest BCUT2D eigenvalue weighted by Gasteiger charge is -2.17. The molecule has 3 nitrogen and oxygen atoms in total. The molecular weight excluding hydrogens is 343 g/mol. The van der Waals surface area contributed by atoms with Crippen LogP contribution in [0.2, 0.25) is 10.0 Å². The zero-order valence-corrected chi connectivity index (χ0v) is 15.1. The molecule has 0 aliphatic carbocycles. The molecule has 0 bridgehead atoms. The van der Waals surface area contributed by atoms with Crippen LogP contribution in [0, 0.1) is 0 Å². The minimum Gasteiger partial charge on any atom is -0.305 e. The number of rotatable bonds is 4. The molecule has 1 heterocycles. The Hall–Kier alpha value is -1.84. The summed E-state index contributed by atoms with van der Waals surface area (Å²) in [6.07, 6.45) is 0.794. The minimum absolute atomic E-state index is 0.0460. The fraction of sp³-hybridized carbons (Fsp3) is 0.263. The van der Waals surface area contributed by atoms with Crippen LogP contribution in [0.4, 0.5) is 0 Å². The van der Waals surface area contributed by atoms with Crippen molar-refractivity contribution < 1.29 is 0 Å². The number of nitrogens with zero attached hydrogens (tertiary/aromatic N) is 2. The fourth-order valence-corrected chi connectivity index (χ4v) is 3.39. The van der Waals surface area contributed by atoms with E-state index in [1.165, 1.54) is 0 Å². The first-order valence-electron chi connectivity index (χ1n) is 8.01. The Morgan fingerprint density at radius 2 is 1.75 bits per heavy atom. The van der Waals surface area contributed by atoms with Gasteiger partial charge in [-0.25, -0.2) is 4.98 Å². The number of aryl methyl sites for hydroxylation is 1. The van der Waals surface area contributed by atoms with E-state index in [9.17, 15) is 4.79 Å². The van der Waals surface area contributed by atoms with Crippen molar-refractivity contribution in [2.24, 2.45) is 0 Å². The van der Waals surface area contributed by atoms with E-state index in [-0.39, 0.29) is 11.5 Å². The summed E-state index contributed by atoms with van der Waals surface area (Å²) in [6.45, 7) is 4.55. The normalized spacial score (nSPS) is 12.5. The highest BCUT2D eigenvalue weighted by atomic mass is 35.5. The molecule has 1 unspecified atom stereocenters. The summed E-state index contributed by atoms with van der Waals surface area (Å²) in [5, 5.41) is 0.868. The highest BCUT2D eigenvalue weighted by molar-refractivity contribution is 6.42. The van der Waals surface area contributed by atoms with Gasteiger partial charge < -0.3 is 4.57 Å². The van der Waals surface area contributed by atoms with E-state index in [1.54, 1.807) is 16.7 Å². The molecule has 24 heavy (non-hydrogen) atoms. The van der Waals surface area contributed by atoms with E-state index in [0.29, 0.717) is 33.3 Å². The summed E-state index contributed by atoms with van der Waals surface area (Å²) in [6, 6.07) is 13.4. The van der Waals surface area contributed by atoms with Gasteiger partial charge in [0.25, 0.3) is 5.56 Å². The monoisotopic (exact) mass is 360 g/mol. The first-order chi connectivity index (χ1) is 11.6. The van der Waals surface area contributed by atoms with Crippen LogP contribution in [0.3, 0.4) is 0 Å². The summed E-state index contributed by atoms with van der Waals surface area (Å²) in [7, 11) is 0. The zero-order valence-electron chi connectivity index (χ0n) is 13.6. The van der Waals surface area contributed by atoms with Crippen molar-refractivity contribution in [2.45, 2.75) is 32.7 Å². The Balaban J connectivity index is 2.30. The first kappa shape index (κ1) is 17.0. The molecule has 3 aromatic rings. The van der Waals surface area contributed by atoms with Crippen molar-refractivity contribution in [2.75, 3.05) is 0 Å². The summed E-state index contributed by atoms with van der Waals surface area (Å²) >= 11 is 12.3.